The number of rotatable bonds is 7. The number of ether oxygens (including phenoxy) is 1. The van der Waals surface area contributed by atoms with Gasteiger partial charge in [-0.25, -0.2) is 4.83 Å². The van der Waals surface area contributed by atoms with Crippen LogP contribution in [0.1, 0.15) is 16.7 Å². The second-order valence-corrected chi connectivity index (χ2v) is 8.70. The lowest BCUT2D eigenvalue weighted by Gasteiger charge is -2.10. The summed E-state index contributed by atoms with van der Waals surface area (Å²) in [5.74, 6) is 0.602. The summed E-state index contributed by atoms with van der Waals surface area (Å²) >= 11 is 3.41. The van der Waals surface area contributed by atoms with Gasteiger partial charge in [-0.05, 0) is 42.8 Å². The number of aryl methyl sites for hydroxylation is 1. The summed E-state index contributed by atoms with van der Waals surface area (Å²) in [4.78, 5) is 2.39. The van der Waals surface area contributed by atoms with E-state index < -0.39 is 10.0 Å². The minimum Gasteiger partial charge on any atom is -0.488 e. The molecular weight excluding hydrogens is 440 g/mol. The lowest BCUT2D eigenvalue weighted by Crippen LogP contribution is -2.18. The number of hydrogen-bond acceptors (Lipinski definition) is 4. The van der Waals surface area contributed by atoms with E-state index in [0.29, 0.717) is 17.9 Å². The summed E-state index contributed by atoms with van der Waals surface area (Å²) in [6.45, 7) is 2.30. The van der Waals surface area contributed by atoms with E-state index in [1.165, 1.54) is 6.21 Å². The molecule has 0 atom stereocenters. The quantitative estimate of drug-likeness (QED) is 0.413. The molecule has 0 heterocycles. The van der Waals surface area contributed by atoms with Crippen molar-refractivity contribution < 1.29 is 13.2 Å². The standard InChI is InChI=1S/C21H19BrN2O3S/c1-16-7-10-20(11-8-16)28(25,26)24-23-14-18-13-19(22)9-12-21(18)27-15-17-5-3-2-4-6-17/h2-14,24H,15H2,1H3/b23-14+. The Morgan fingerprint density at radius 3 is 2.46 bits per heavy atom. The van der Waals surface area contributed by atoms with Gasteiger partial charge in [-0.3, -0.25) is 0 Å². The molecule has 0 radical (unpaired) electrons. The van der Waals surface area contributed by atoms with Crippen molar-refractivity contribution >= 4 is 32.2 Å². The first kappa shape index (κ1) is 20.1. The van der Waals surface area contributed by atoms with Crippen molar-refractivity contribution in [3.8, 4) is 5.75 Å². The highest BCUT2D eigenvalue weighted by Gasteiger charge is 2.12. The number of hydrazone groups is 1. The topological polar surface area (TPSA) is 67.8 Å². The van der Waals surface area contributed by atoms with Gasteiger partial charge in [0.2, 0.25) is 0 Å². The third-order valence-electron chi connectivity index (χ3n) is 3.92. The third-order valence-corrected chi connectivity index (χ3v) is 5.65. The maximum absolute atomic E-state index is 12.3. The summed E-state index contributed by atoms with van der Waals surface area (Å²) < 4.78 is 31.4. The van der Waals surface area contributed by atoms with Crippen LogP contribution in [0, 0.1) is 6.92 Å². The first-order valence-corrected chi connectivity index (χ1v) is 10.8. The predicted octanol–water partition coefficient (Wildman–Crippen LogP) is 4.65. The van der Waals surface area contributed by atoms with E-state index in [1.807, 2.05) is 55.5 Å². The molecule has 3 aromatic rings. The molecule has 28 heavy (non-hydrogen) atoms. The van der Waals surface area contributed by atoms with Crippen molar-refractivity contribution in [3.63, 3.8) is 0 Å². The minimum absolute atomic E-state index is 0.157. The molecule has 0 saturated carbocycles. The van der Waals surface area contributed by atoms with E-state index in [9.17, 15) is 8.42 Å². The van der Waals surface area contributed by atoms with E-state index in [0.717, 1.165) is 15.6 Å². The molecule has 0 amide bonds. The predicted molar refractivity (Wildman–Crippen MR) is 114 cm³/mol. The molecule has 0 unspecified atom stereocenters. The van der Waals surface area contributed by atoms with Crippen LogP contribution in [0.3, 0.4) is 0 Å². The van der Waals surface area contributed by atoms with Crippen LogP contribution in [0.25, 0.3) is 0 Å². The summed E-state index contributed by atoms with van der Waals surface area (Å²) in [5, 5.41) is 3.91. The maximum Gasteiger partial charge on any atom is 0.276 e. The largest absolute Gasteiger partial charge is 0.488 e. The summed E-state index contributed by atoms with van der Waals surface area (Å²) in [6.07, 6.45) is 1.43. The van der Waals surface area contributed by atoms with Gasteiger partial charge in [-0.1, -0.05) is 64.0 Å². The second-order valence-electron chi connectivity index (χ2n) is 6.12. The molecule has 144 valence electrons. The Bertz CT molecular complexity index is 1070. The number of benzene rings is 3. The van der Waals surface area contributed by atoms with Crippen LogP contribution in [0.4, 0.5) is 0 Å². The Balaban J connectivity index is 1.73. The zero-order valence-electron chi connectivity index (χ0n) is 15.2. The van der Waals surface area contributed by atoms with Gasteiger partial charge in [0.05, 0.1) is 11.1 Å². The fourth-order valence-electron chi connectivity index (χ4n) is 2.42. The first-order chi connectivity index (χ1) is 13.4. The average Bonchev–Trinajstić information content (AvgIpc) is 2.68. The van der Waals surface area contributed by atoms with E-state index >= 15 is 0 Å². The molecule has 5 nitrogen and oxygen atoms in total. The van der Waals surface area contributed by atoms with E-state index in [4.69, 9.17) is 4.74 Å². The molecule has 0 aromatic heterocycles. The lowest BCUT2D eigenvalue weighted by molar-refractivity contribution is 0.305. The van der Waals surface area contributed by atoms with Crippen molar-refractivity contribution in [2.24, 2.45) is 5.10 Å². The van der Waals surface area contributed by atoms with Gasteiger partial charge < -0.3 is 4.74 Å². The van der Waals surface area contributed by atoms with Crippen LogP contribution in [0.15, 0.2) is 87.3 Å². The van der Waals surface area contributed by atoms with E-state index in [1.54, 1.807) is 24.3 Å². The Hall–Kier alpha value is -2.64. The van der Waals surface area contributed by atoms with Crippen molar-refractivity contribution in [2.45, 2.75) is 18.4 Å². The van der Waals surface area contributed by atoms with Gasteiger partial charge in [0.1, 0.15) is 12.4 Å². The van der Waals surface area contributed by atoms with Gasteiger partial charge in [0.25, 0.3) is 10.0 Å². The number of nitrogens with one attached hydrogen (secondary N) is 1. The number of hydrogen-bond donors (Lipinski definition) is 1. The third kappa shape index (κ3) is 5.43. The van der Waals surface area contributed by atoms with Gasteiger partial charge in [0.15, 0.2) is 0 Å². The SMILES string of the molecule is Cc1ccc(S(=O)(=O)N/N=C/c2cc(Br)ccc2OCc2ccccc2)cc1. The lowest BCUT2D eigenvalue weighted by atomic mass is 10.2. The van der Waals surface area contributed by atoms with Crippen molar-refractivity contribution in [3.05, 3.63) is 94.0 Å². The Morgan fingerprint density at radius 2 is 1.75 bits per heavy atom. The Morgan fingerprint density at radius 1 is 1.04 bits per heavy atom. The molecule has 0 aliphatic heterocycles. The normalized spacial score (nSPS) is 11.5. The number of sulfonamides is 1. The Labute approximate surface area is 173 Å². The highest BCUT2D eigenvalue weighted by molar-refractivity contribution is 9.10. The van der Waals surface area contributed by atoms with Crippen LogP contribution in [0.5, 0.6) is 5.75 Å². The van der Waals surface area contributed by atoms with Crippen molar-refractivity contribution in [1.29, 1.82) is 0 Å². The average molecular weight is 459 g/mol. The fraction of sp³-hybridized carbons (Fsp3) is 0.0952. The highest BCUT2D eigenvalue weighted by Crippen LogP contribution is 2.23. The molecule has 0 fully saturated rings. The van der Waals surface area contributed by atoms with Crippen LogP contribution >= 0.6 is 15.9 Å². The summed E-state index contributed by atoms with van der Waals surface area (Å²) in [5.41, 5.74) is 2.67. The number of halogens is 1. The molecule has 0 saturated heterocycles. The zero-order valence-corrected chi connectivity index (χ0v) is 17.6. The molecule has 0 spiro atoms. The van der Waals surface area contributed by atoms with Gasteiger partial charge in [-0.15, -0.1) is 0 Å². The molecule has 3 rings (SSSR count). The summed E-state index contributed by atoms with van der Waals surface area (Å²) in [6, 6.07) is 21.8. The van der Waals surface area contributed by atoms with Gasteiger partial charge >= 0.3 is 0 Å². The van der Waals surface area contributed by atoms with Crippen LogP contribution in [-0.2, 0) is 16.6 Å². The van der Waals surface area contributed by atoms with Crippen molar-refractivity contribution in [2.75, 3.05) is 0 Å². The van der Waals surface area contributed by atoms with Gasteiger partial charge in [-0.2, -0.15) is 13.5 Å². The van der Waals surface area contributed by atoms with Crippen LogP contribution in [0.2, 0.25) is 0 Å². The highest BCUT2D eigenvalue weighted by atomic mass is 79.9. The van der Waals surface area contributed by atoms with Crippen LogP contribution < -0.4 is 9.57 Å². The zero-order chi connectivity index (χ0) is 20.0. The van der Waals surface area contributed by atoms with E-state index in [2.05, 4.69) is 25.9 Å². The molecule has 3 aromatic carbocycles. The summed E-state index contributed by atoms with van der Waals surface area (Å²) in [7, 11) is -3.73. The minimum atomic E-state index is -3.73. The number of nitrogens with zero attached hydrogens (tertiary/aromatic N) is 1. The molecule has 1 N–H and O–H groups in total. The fourth-order valence-corrected chi connectivity index (χ4v) is 3.59. The smallest absolute Gasteiger partial charge is 0.276 e. The second kappa shape index (κ2) is 9.03. The Kier molecular flexibility index (Phi) is 6.49. The molecule has 0 aliphatic carbocycles. The maximum atomic E-state index is 12.3. The molecule has 0 bridgehead atoms. The molecule has 7 heteroatoms. The monoisotopic (exact) mass is 458 g/mol. The van der Waals surface area contributed by atoms with Gasteiger partial charge in [0, 0.05) is 10.0 Å². The van der Waals surface area contributed by atoms with E-state index in [-0.39, 0.29) is 4.90 Å². The first-order valence-electron chi connectivity index (χ1n) is 8.52. The van der Waals surface area contributed by atoms with Crippen LogP contribution in [-0.4, -0.2) is 14.6 Å². The molecule has 0 aliphatic rings. The van der Waals surface area contributed by atoms with Crippen molar-refractivity contribution in [1.82, 2.24) is 4.83 Å². The molecular formula is C21H19BrN2O3S.